The highest BCUT2D eigenvalue weighted by molar-refractivity contribution is 5.85. The molecule has 4 nitrogen and oxygen atoms in total. The van der Waals surface area contributed by atoms with E-state index in [4.69, 9.17) is 4.74 Å². The molecule has 4 fully saturated rings. The molecule has 0 bridgehead atoms. The first kappa shape index (κ1) is 20.4. The number of ether oxygens (including phenoxy) is 1. The van der Waals surface area contributed by atoms with Crippen LogP contribution in [0.25, 0.3) is 0 Å². The molecule has 5 heteroatoms. The molecule has 0 aromatic carbocycles. The van der Waals surface area contributed by atoms with Crippen molar-refractivity contribution in [3.63, 3.8) is 0 Å². The van der Waals surface area contributed by atoms with Crippen molar-refractivity contribution in [3.8, 4) is 0 Å². The number of rotatable bonds is 6. The summed E-state index contributed by atoms with van der Waals surface area (Å²) in [4.78, 5) is 15.8. The van der Waals surface area contributed by atoms with Crippen LogP contribution in [0.15, 0.2) is 0 Å². The summed E-state index contributed by atoms with van der Waals surface area (Å²) in [6.45, 7) is 8.26. The molecule has 3 saturated carbocycles. The Morgan fingerprint density at radius 3 is 2.46 bits per heavy atom. The smallest absolute Gasteiger partial charge is 0.226 e. The molecular weight excluding hydrogens is 348 g/mol. The Kier molecular flexibility index (Phi) is 6.26. The molecule has 0 aromatic heterocycles. The number of nitrogens with zero attached hydrogens (tertiary/aromatic N) is 1. The number of carbonyl (C=O) groups excluding carboxylic acids is 1. The summed E-state index contributed by atoms with van der Waals surface area (Å²) in [5.41, 5.74) is 0.622. The fraction of sp³-hybridized carbons (Fsp3) is 0.952. The maximum absolute atomic E-state index is 13.5. The van der Waals surface area contributed by atoms with Gasteiger partial charge in [-0.1, -0.05) is 19.8 Å². The Morgan fingerprint density at radius 2 is 1.85 bits per heavy atom. The zero-order valence-corrected chi connectivity index (χ0v) is 17.4. The van der Waals surface area contributed by atoms with E-state index in [2.05, 4.69) is 24.1 Å². The van der Waals surface area contributed by atoms with Gasteiger partial charge in [0.15, 0.2) is 0 Å². The van der Waals surface area contributed by atoms with Crippen molar-refractivity contribution in [1.82, 2.24) is 10.2 Å². The SMILES string of the molecule is CCCN(C(=O)C1CC12CCNCC2)C1CC(OCC)C12CCCC2.Cl. The molecule has 26 heavy (non-hydrogen) atoms. The third-order valence-electron chi connectivity index (χ3n) is 7.86. The zero-order valence-electron chi connectivity index (χ0n) is 16.6. The minimum Gasteiger partial charge on any atom is -0.378 e. The lowest BCUT2D eigenvalue weighted by atomic mass is 9.59. The van der Waals surface area contributed by atoms with E-state index < -0.39 is 0 Å². The van der Waals surface area contributed by atoms with Gasteiger partial charge >= 0.3 is 0 Å². The van der Waals surface area contributed by atoms with Crippen molar-refractivity contribution < 1.29 is 9.53 Å². The molecule has 3 aliphatic carbocycles. The molecule has 1 amide bonds. The van der Waals surface area contributed by atoms with Gasteiger partial charge in [-0.15, -0.1) is 12.4 Å². The Morgan fingerprint density at radius 1 is 1.15 bits per heavy atom. The van der Waals surface area contributed by atoms with Gasteiger partial charge in [0, 0.05) is 30.5 Å². The summed E-state index contributed by atoms with van der Waals surface area (Å²) in [6.07, 6.45) is 11.2. The summed E-state index contributed by atoms with van der Waals surface area (Å²) < 4.78 is 6.09. The monoisotopic (exact) mass is 384 g/mol. The van der Waals surface area contributed by atoms with Crippen LogP contribution in [0.3, 0.4) is 0 Å². The molecule has 3 atom stereocenters. The van der Waals surface area contributed by atoms with Crippen LogP contribution in [-0.4, -0.2) is 49.2 Å². The average molecular weight is 385 g/mol. The third kappa shape index (κ3) is 3.20. The maximum atomic E-state index is 13.5. The van der Waals surface area contributed by atoms with Gasteiger partial charge in [-0.3, -0.25) is 4.79 Å². The fourth-order valence-corrected chi connectivity index (χ4v) is 6.32. The fourth-order valence-electron chi connectivity index (χ4n) is 6.32. The summed E-state index contributed by atoms with van der Waals surface area (Å²) >= 11 is 0. The van der Waals surface area contributed by atoms with E-state index >= 15 is 0 Å². The lowest BCUT2D eigenvalue weighted by molar-refractivity contribution is -0.177. The standard InChI is InChI=1S/C21H36N2O2.ClH/c1-3-13-23(19(24)16-15-20(16)9-11-22-12-10-20)17-14-18(25-4-2)21(17)7-5-6-8-21;/h16-18,22H,3-15H2,1-2H3;1H. The minimum atomic E-state index is 0. The Bertz CT molecular complexity index is 500. The molecule has 0 radical (unpaired) electrons. The lowest BCUT2D eigenvalue weighted by Crippen LogP contribution is -2.65. The number of piperidine rings is 1. The number of amides is 1. The van der Waals surface area contributed by atoms with Crippen LogP contribution in [0.1, 0.15) is 71.6 Å². The first-order chi connectivity index (χ1) is 12.2. The van der Waals surface area contributed by atoms with Crippen molar-refractivity contribution in [2.24, 2.45) is 16.7 Å². The van der Waals surface area contributed by atoms with E-state index in [1.807, 2.05) is 0 Å². The second-order valence-electron chi connectivity index (χ2n) is 9.04. The predicted molar refractivity (Wildman–Crippen MR) is 107 cm³/mol. The highest BCUT2D eigenvalue weighted by atomic mass is 35.5. The van der Waals surface area contributed by atoms with E-state index in [1.54, 1.807) is 0 Å². The number of hydrogen-bond acceptors (Lipinski definition) is 3. The molecular formula is C21H37ClN2O2. The van der Waals surface area contributed by atoms with Gasteiger partial charge in [0.1, 0.15) is 0 Å². The summed E-state index contributed by atoms with van der Waals surface area (Å²) in [5, 5.41) is 3.46. The van der Waals surface area contributed by atoms with Crippen LogP contribution in [0.2, 0.25) is 0 Å². The number of halogens is 1. The number of hydrogen-bond donors (Lipinski definition) is 1. The Balaban J connectivity index is 0.00000196. The van der Waals surface area contributed by atoms with Crippen molar-refractivity contribution in [2.45, 2.75) is 83.8 Å². The first-order valence-electron chi connectivity index (χ1n) is 10.8. The van der Waals surface area contributed by atoms with Gasteiger partial charge < -0.3 is 15.0 Å². The van der Waals surface area contributed by atoms with Crippen molar-refractivity contribution in [1.29, 1.82) is 0 Å². The molecule has 1 N–H and O–H groups in total. The zero-order chi connectivity index (χ0) is 17.5. The molecule has 1 heterocycles. The van der Waals surface area contributed by atoms with E-state index in [1.165, 1.54) is 38.5 Å². The van der Waals surface area contributed by atoms with Crippen molar-refractivity contribution in [2.75, 3.05) is 26.2 Å². The van der Waals surface area contributed by atoms with Gasteiger partial charge in [-0.25, -0.2) is 0 Å². The van der Waals surface area contributed by atoms with Gasteiger partial charge in [0.2, 0.25) is 5.91 Å². The van der Waals surface area contributed by atoms with E-state index in [9.17, 15) is 4.79 Å². The van der Waals surface area contributed by atoms with E-state index in [-0.39, 0.29) is 17.8 Å². The van der Waals surface area contributed by atoms with Crippen LogP contribution >= 0.6 is 12.4 Å². The molecule has 1 aliphatic heterocycles. The molecule has 4 rings (SSSR count). The second-order valence-corrected chi connectivity index (χ2v) is 9.04. The molecule has 3 unspecified atom stereocenters. The van der Waals surface area contributed by atoms with Gasteiger partial charge in [-0.2, -0.15) is 0 Å². The molecule has 4 aliphatic rings. The Hall–Kier alpha value is -0.320. The lowest BCUT2D eigenvalue weighted by Gasteiger charge is -2.58. The first-order valence-corrected chi connectivity index (χ1v) is 10.8. The summed E-state index contributed by atoms with van der Waals surface area (Å²) in [5.74, 6) is 0.792. The van der Waals surface area contributed by atoms with Crippen LogP contribution < -0.4 is 5.32 Å². The summed E-state index contributed by atoms with van der Waals surface area (Å²) in [7, 11) is 0. The van der Waals surface area contributed by atoms with E-state index in [0.29, 0.717) is 29.4 Å². The number of nitrogens with one attached hydrogen (secondary N) is 1. The molecule has 150 valence electrons. The molecule has 1 saturated heterocycles. The maximum Gasteiger partial charge on any atom is 0.226 e. The van der Waals surface area contributed by atoms with Crippen LogP contribution in [-0.2, 0) is 9.53 Å². The highest BCUT2D eigenvalue weighted by Crippen LogP contribution is 2.61. The topological polar surface area (TPSA) is 41.6 Å². The highest BCUT2D eigenvalue weighted by Gasteiger charge is 2.63. The van der Waals surface area contributed by atoms with Crippen molar-refractivity contribution in [3.05, 3.63) is 0 Å². The molecule has 2 spiro atoms. The average Bonchev–Trinajstić information content (AvgIpc) is 3.08. The minimum absolute atomic E-state index is 0. The second kappa shape index (κ2) is 7.97. The normalized spacial score (nSPS) is 33.5. The van der Waals surface area contributed by atoms with Crippen LogP contribution in [0.4, 0.5) is 0 Å². The predicted octanol–water partition coefficient (Wildman–Crippen LogP) is 3.77. The van der Waals surface area contributed by atoms with Crippen LogP contribution in [0, 0.1) is 16.7 Å². The quantitative estimate of drug-likeness (QED) is 0.757. The Labute approximate surface area is 165 Å². The van der Waals surface area contributed by atoms with Crippen LogP contribution in [0.5, 0.6) is 0 Å². The third-order valence-corrected chi connectivity index (χ3v) is 7.86. The van der Waals surface area contributed by atoms with Gasteiger partial charge in [-0.05, 0) is 70.4 Å². The molecule has 0 aromatic rings. The van der Waals surface area contributed by atoms with Crippen molar-refractivity contribution >= 4 is 18.3 Å². The number of carbonyl (C=O) groups is 1. The largest absolute Gasteiger partial charge is 0.378 e. The summed E-state index contributed by atoms with van der Waals surface area (Å²) in [6, 6.07) is 0.443. The van der Waals surface area contributed by atoms with E-state index in [0.717, 1.165) is 45.5 Å². The van der Waals surface area contributed by atoms with Gasteiger partial charge in [0.25, 0.3) is 0 Å². The van der Waals surface area contributed by atoms with Gasteiger partial charge in [0.05, 0.1) is 6.10 Å².